The van der Waals surface area contributed by atoms with Gasteiger partial charge in [0.05, 0.1) is 0 Å². The van der Waals surface area contributed by atoms with E-state index < -0.39 is 30.6 Å². The minimum absolute atomic E-state index is 0.497. The Morgan fingerprint density at radius 1 is 1.55 bits per heavy atom. The highest BCUT2D eigenvalue weighted by atomic mass is 16.6. The Hall–Kier alpha value is -1.43. The van der Waals surface area contributed by atoms with Gasteiger partial charge < -0.3 is 14.6 Å². The Bertz CT molecular complexity index is 219. The van der Waals surface area contributed by atoms with Crippen molar-refractivity contribution in [2.24, 2.45) is 0 Å². The highest BCUT2D eigenvalue weighted by Crippen LogP contribution is 2.03. The minimum Gasteiger partial charge on any atom is -0.479 e. The van der Waals surface area contributed by atoms with Gasteiger partial charge in [-0.2, -0.15) is 0 Å². The van der Waals surface area contributed by atoms with Crippen LogP contribution >= 0.6 is 0 Å². The van der Waals surface area contributed by atoms with Crippen LogP contribution in [-0.4, -0.2) is 35.7 Å². The van der Waals surface area contributed by atoms with Crippen LogP contribution in [0.5, 0.6) is 0 Å². The number of hydrogen-bond donors (Lipinski definition) is 1. The Morgan fingerprint density at radius 2 is 2.18 bits per heavy atom. The molecule has 60 valence electrons. The quantitative estimate of drug-likeness (QED) is 0.372. The summed E-state index contributed by atoms with van der Waals surface area (Å²) in [7, 11) is 0. The zero-order chi connectivity index (χ0) is 8.43. The first-order chi connectivity index (χ1) is 5.11. The molecule has 1 aliphatic rings. The zero-order valence-electron chi connectivity index (χ0n) is 5.27. The number of carbonyl (C=O) groups excluding carboxylic acids is 2. The van der Waals surface area contributed by atoms with Crippen molar-refractivity contribution in [3.8, 4) is 0 Å². The smallest absolute Gasteiger partial charge is 0.354 e. The molecule has 1 heterocycles. The van der Waals surface area contributed by atoms with Crippen molar-refractivity contribution in [3.05, 3.63) is 0 Å². The average molecular weight is 160 g/mol. The van der Waals surface area contributed by atoms with E-state index in [0.29, 0.717) is 0 Å². The molecule has 1 N–H and O–H groups in total. The molecule has 1 fully saturated rings. The third-order valence-corrected chi connectivity index (χ3v) is 1.02. The van der Waals surface area contributed by atoms with E-state index in [-0.39, 0.29) is 0 Å². The largest absolute Gasteiger partial charge is 0.479 e. The molecule has 0 radical (unpaired) electrons. The van der Waals surface area contributed by atoms with E-state index >= 15 is 0 Å². The molecule has 1 unspecified atom stereocenters. The van der Waals surface area contributed by atoms with Crippen LogP contribution in [0.1, 0.15) is 0 Å². The lowest BCUT2D eigenvalue weighted by atomic mass is 10.3. The minimum atomic E-state index is -1.66. The maximum absolute atomic E-state index is 10.5. The fourth-order valence-electron chi connectivity index (χ4n) is 0.587. The van der Waals surface area contributed by atoms with Crippen LogP contribution in [0, 0.1) is 0 Å². The monoisotopic (exact) mass is 160 g/mol. The lowest BCUT2D eigenvalue weighted by Gasteiger charge is -2.15. The maximum Gasteiger partial charge on any atom is 0.354 e. The van der Waals surface area contributed by atoms with Crippen molar-refractivity contribution in [3.63, 3.8) is 0 Å². The second kappa shape index (κ2) is 2.67. The molecule has 6 heteroatoms. The van der Waals surface area contributed by atoms with E-state index in [2.05, 4.69) is 9.47 Å². The number of esters is 2. The van der Waals surface area contributed by atoms with Crippen LogP contribution < -0.4 is 0 Å². The highest BCUT2D eigenvalue weighted by Gasteiger charge is 2.35. The van der Waals surface area contributed by atoms with Gasteiger partial charge in [-0.3, -0.25) is 0 Å². The van der Waals surface area contributed by atoms with Gasteiger partial charge in [0.15, 0.2) is 0 Å². The first kappa shape index (κ1) is 7.67. The maximum atomic E-state index is 10.5. The standard InChI is InChI=1S/C5H4O6/c6-2-1-10-3(4(7)8)5(9)11-2/h3H,1H2,(H,7,8). The number of carboxylic acids is 1. The molecular formula is C5H4O6. The molecule has 0 bridgehead atoms. The third kappa shape index (κ3) is 1.53. The molecule has 6 nitrogen and oxygen atoms in total. The molecule has 0 aromatic carbocycles. The first-order valence-corrected chi connectivity index (χ1v) is 2.70. The molecule has 11 heavy (non-hydrogen) atoms. The highest BCUT2D eigenvalue weighted by molar-refractivity contribution is 6.02. The van der Waals surface area contributed by atoms with Crippen LogP contribution in [0.2, 0.25) is 0 Å². The SMILES string of the molecule is O=C1COC(C(=O)O)C(=O)O1. The summed E-state index contributed by atoms with van der Waals surface area (Å²) in [4.78, 5) is 30.9. The van der Waals surface area contributed by atoms with Crippen molar-refractivity contribution in [2.45, 2.75) is 6.10 Å². The van der Waals surface area contributed by atoms with Gasteiger partial charge in [-0.15, -0.1) is 0 Å². The topological polar surface area (TPSA) is 89.9 Å². The summed E-state index contributed by atoms with van der Waals surface area (Å²) in [6.07, 6.45) is -1.66. The number of rotatable bonds is 1. The summed E-state index contributed by atoms with van der Waals surface area (Å²) in [6.45, 7) is -0.497. The summed E-state index contributed by atoms with van der Waals surface area (Å²) in [5.74, 6) is -3.50. The van der Waals surface area contributed by atoms with Crippen molar-refractivity contribution in [1.29, 1.82) is 0 Å². The summed E-state index contributed by atoms with van der Waals surface area (Å²) >= 11 is 0. The first-order valence-electron chi connectivity index (χ1n) is 2.70. The Morgan fingerprint density at radius 3 is 2.64 bits per heavy atom. The van der Waals surface area contributed by atoms with E-state index in [1.165, 1.54) is 0 Å². The van der Waals surface area contributed by atoms with Crippen molar-refractivity contribution < 1.29 is 29.0 Å². The van der Waals surface area contributed by atoms with Crippen molar-refractivity contribution >= 4 is 17.9 Å². The van der Waals surface area contributed by atoms with Crippen LogP contribution in [0.3, 0.4) is 0 Å². The van der Waals surface area contributed by atoms with Gasteiger partial charge in [0, 0.05) is 0 Å². The summed E-state index contributed by atoms with van der Waals surface area (Å²) in [5.41, 5.74) is 0. The summed E-state index contributed by atoms with van der Waals surface area (Å²) < 4.78 is 8.32. The van der Waals surface area contributed by atoms with Gasteiger partial charge in [0.2, 0.25) is 0 Å². The molecule has 0 amide bonds. The van der Waals surface area contributed by atoms with Crippen LogP contribution in [0.25, 0.3) is 0 Å². The van der Waals surface area contributed by atoms with E-state index in [9.17, 15) is 14.4 Å². The molecular weight excluding hydrogens is 156 g/mol. The van der Waals surface area contributed by atoms with Crippen LogP contribution in [-0.2, 0) is 23.9 Å². The second-order valence-electron chi connectivity index (χ2n) is 1.82. The zero-order valence-corrected chi connectivity index (χ0v) is 5.27. The molecule has 0 aromatic heterocycles. The summed E-state index contributed by atoms with van der Waals surface area (Å²) in [5, 5.41) is 8.26. The predicted molar refractivity (Wildman–Crippen MR) is 28.5 cm³/mol. The van der Waals surface area contributed by atoms with Crippen LogP contribution in [0.15, 0.2) is 0 Å². The number of ether oxygens (including phenoxy) is 2. The van der Waals surface area contributed by atoms with E-state index in [1.54, 1.807) is 0 Å². The molecule has 0 spiro atoms. The third-order valence-electron chi connectivity index (χ3n) is 1.02. The average Bonchev–Trinajstić information content (AvgIpc) is 1.85. The number of carboxylic acid groups (broad SMARTS) is 1. The van der Waals surface area contributed by atoms with Gasteiger partial charge in [-0.1, -0.05) is 0 Å². The number of cyclic esters (lactones) is 2. The molecule has 0 aliphatic carbocycles. The predicted octanol–water partition coefficient (Wildman–Crippen LogP) is -1.46. The summed E-state index contributed by atoms with van der Waals surface area (Å²) in [6, 6.07) is 0. The molecule has 1 atom stereocenters. The normalized spacial score (nSPS) is 24.5. The Balaban J connectivity index is 2.65. The second-order valence-corrected chi connectivity index (χ2v) is 1.82. The van der Waals surface area contributed by atoms with Gasteiger partial charge in [-0.25, -0.2) is 14.4 Å². The molecule has 0 aromatic rings. The van der Waals surface area contributed by atoms with E-state index in [1.807, 2.05) is 0 Å². The molecule has 1 saturated heterocycles. The van der Waals surface area contributed by atoms with Gasteiger partial charge >= 0.3 is 17.9 Å². The number of aliphatic carboxylic acids is 1. The fraction of sp³-hybridized carbons (Fsp3) is 0.400. The lowest BCUT2D eigenvalue weighted by molar-refractivity contribution is -0.188. The van der Waals surface area contributed by atoms with Crippen molar-refractivity contribution in [2.75, 3.05) is 6.61 Å². The van der Waals surface area contributed by atoms with Gasteiger partial charge in [0.25, 0.3) is 6.10 Å². The number of carbonyl (C=O) groups is 3. The van der Waals surface area contributed by atoms with Crippen molar-refractivity contribution in [1.82, 2.24) is 0 Å². The molecule has 0 saturated carbocycles. The fourth-order valence-corrected chi connectivity index (χ4v) is 0.587. The van der Waals surface area contributed by atoms with E-state index in [0.717, 1.165) is 0 Å². The number of hydrogen-bond acceptors (Lipinski definition) is 5. The molecule has 1 rings (SSSR count). The van der Waals surface area contributed by atoms with Gasteiger partial charge in [-0.05, 0) is 0 Å². The lowest BCUT2D eigenvalue weighted by Crippen LogP contribution is -2.42. The van der Waals surface area contributed by atoms with Crippen LogP contribution in [0.4, 0.5) is 0 Å². The molecule has 1 aliphatic heterocycles. The Kier molecular flexibility index (Phi) is 1.86. The Labute approximate surface area is 60.7 Å². The van der Waals surface area contributed by atoms with Gasteiger partial charge in [0.1, 0.15) is 6.61 Å². The van der Waals surface area contributed by atoms with E-state index in [4.69, 9.17) is 5.11 Å².